The highest BCUT2D eigenvalue weighted by Gasteiger charge is 2.16. The molecule has 0 radical (unpaired) electrons. The number of halogens is 1. The Hall–Kier alpha value is -1.80. The second-order valence-corrected chi connectivity index (χ2v) is 8.19. The number of nitrogens with one attached hydrogen (secondary N) is 1. The lowest BCUT2D eigenvalue weighted by atomic mass is 10.2. The third-order valence-corrected chi connectivity index (χ3v) is 6.00. The Kier molecular flexibility index (Phi) is 4.96. The summed E-state index contributed by atoms with van der Waals surface area (Å²) in [4.78, 5) is 8.78. The fourth-order valence-corrected chi connectivity index (χ4v) is 4.08. The van der Waals surface area contributed by atoms with Gasteiger partial charge in [0.25, 0.3) is 0 Å². The molecule has 2 aromatic heterocycles. The van der Waals surface area contributed by atoms with Crippen LogP contribution in [0, 0.1) is 6.92 Å². The highest BCUT2D eigenvalue weighted by atomic mass is 35.5. The number of sulfonamides is 1. The van der Waals surface area contributed by atoms with Crippen LogP contribution >= 0.6 is 22.9 Å². The minimum absolute atomic E-state index is 0.116. The van der Waals surface area contributed by atoms with Gasteiger partial charge in [-0.25, -0.2) is 18.1 Å². The van der Waals surface area contributed by atoms with Crippen LogP contribution in [0.2, 0.25) is 5.02 Å². The van der Waals surface area contributed by atoms with Crippen LogP contribution in [0.5, 0.6) is 0 Å². The summed E-state index contributed by atoms with van der Waals surface area (Å²) in [6.07, 6.45) is 1.69. The monoisotopic (exact) mass is 379 g/mol. The Morgan fingerprint density at radius 1 is 1.21 bits per heavy atom. The Morgan fingerprint density at radius 2 is 2.04 bits per heavy atom. The van der Waals surface area contributed by atoms with E-state index in [0.29, 0.717) is 10.0 Å². The Bertz CT molecular complexity index is 956. The number of rotatable bonds is 5. The van der Waals surface area contributed by atoms with Crippen LogP contribution < -0.4 is 4.72 Å². The zero-order chi connectivity index (χ0) is 17.2. The highest BCUT2D eigenvalue weighted by Crippen LogP contribution is 2.22. The first-order valence-corrected chi connectivity index (χ1v) is 9.81. The van der Waals surface area contributed by atoms with Crippen molar-refractivity contribution in [2.45, 2.75) is 18.4 Å². The molecule has 3 aromatic rings. The van der Waals surface area contributed by atoms with Crippen LogP contribution in [0.25, 0.3) is 11.4 Å². The summed E-state index contributed by atoms with van der Waals surface area (Å²) in [5, 5.41) is 2.94. The number of nitrogens with zero attached hydrogens (tertiary/aromatic N) is 2. The molecule has 8 heteroatoms. The average molecular weight is 380 g/mol. The maximum atomic E-state index is 12.3. The van der Waals surface area contributed by atoms with Gasteiger partial charge in [0.1, 0.15) is 5.01 Å². The van der Waals surface area contributed by atoms with E-state index in [4.69, 9.17) is 11.6 Å². The number of hydrogen-bond acceptors (Lipinski definition) is 5. The molecule has 0 aliphatic heterocycles. The summed E-state index contributed by atoms with van der Waals surface area (Å²) in [6.45, 7) is 1.94. The molecule has 0 fully saturated rings. The van der Waals surface area contributed by atoms with E-state index in [1.54, 1.807) is 12.3 Å². The fourth-order valence-electron chi connectivity index (χ4n) is 2.00. The second-order valence-electron chi connectivity index (χ2n) is 5.08. The first-order chi connectivity index (χ1) is 11.5. The van der Waals surface area contributed by atoms with Crippen molar-refractivity contribution in [3.63, 3.8) is 0 Å². The van der Waals surface area contributed by atoms with Crippen LogP contribution in [0.15, 0.2) is 52.9 Å². The summed E-state index contributed by atoms with van der Waals surface area (Å²) >= 11 is 7.38. The molecule has 0 spiro atoms. The van der Waals surface area contributed by atoms with Crippen molar-refractivity contribution >= 4 is 33.0 Å². The number of pyridine rings is 1. The molecule has 0 aliphatic rings. The number of hydrogen-bond donors (Lipinski definition) is 1. The van der Waals surface area contributed by atoms with Crippen LogP contribution in [-0.4, -0.2) is 18.4 Å². The average Bonchev–Trinajstić information content (AvgIpc) is 3.05. The van der Waals surface area contributed by atoms with E-state index in [-0.39, 0.29) is 11.4 Å². The molecule has 5 nitrogen and oxygen atoms in total. The van der Waals surface area contributed by atoms with E-state index < -0.39 is 10.0 Å². The van der Waals surface area contributed by atoms with Gasteiger partial charge < -0.3 is 0 Å². The molecule has 0 saturated carbocycles. The molecule has 0 amide bonds. The normalized spacial score (nSPS) is 11.6. The van der Waals surface area contributed by atoms with Crippen molar-refractivity contribution in [2.24, 2.45) is 0 Å². The molecule has 0 aliphatic carbocycles. The van der Waals surface area contributed by atoms with Crippen LogP contribution in [0.1, 0.15) is 10.6 Å². The Balaban J connectivity index is 1.73. The standard InChI is InChI=1S/C16H14ClN3O2S2/c1-11-5-6-12(8-13(11)17)24(21,22)19-9-16-20-15(10-23-16)14-4-2-3-7-18-14/h2-8,10,19H,9H2,1H3. The Labute approximate surface area is 149 Å². The number of aryl methyl sites for hydroxylation is 1. The molecule has 0 bridgehead atoms. The highest BCUT2D eigenvalue weighted by molar-refractivity contribution is 7.89. The van der Waals surface area contributed by atoms with Crippen LogP contribution in [0.3, 0.4) is 0 Å². The topological polar surface area (TPSA) is 72.0 Å². The molecule has 124 valence electrons. The van der Waals surface area contributed by atoms with Crippen molar-refractivity contribution in [1.29, 1.82) is 0 Å². The SMILES string of the molecule is Cc1ccc(S(=O)(=O)NCc2nc(-c3ccccn3)cs2)cc1Cl. The minimum atomic E-state index is -3.64. The lowest BCUT2D eigenvalue weighted by molar-refractivity contribution is 0.581. The Morgan fingerprint density at radius 3 is 2.75 bits per heavy atom. The molecule has 0 atom stereocenters. The van der Waals surface area contributed by atoms with Gasteiger partial charge in [-0.3, -0.25) is 4.98 Å². The van der Waals surface area contributed by atoms with Gasteiger partial charge in [-0.1, -0.05) is 23.7 Å². The van der Waals surface area contributed by atoms with Crippen molar-refractivity contribution in [3.05, 3.63) is 63.6 Å². The second kappa shape index (κ2) is 6.98. The smallest absolute Gasteiger partial charge is 0.241 e. The van der Waals surface area contributed by atoms with Crippen LogP contribution in [-0.2, 0) is 16.6 Å². The summed E-state index contributed by atoms with van der Waals surface area (Å²) in [5.41, 5.74) is 2.32. The van der Waals surface area contributed by atoms with Gasteiger partial charge >= 0.3 is 0 Å². The first-order valence-electron chi connectivity index (χ1n) is 7.07. The fraction of sp³-hybridized carbons (Fsp3) is 0.125. The lowest BCUT2D eigenvalue weighted by Crippen LogP contribution is -2.23. The largest absolute Gasteiger partial charge is 0.255 e. The maximum absolute atomic E-state index is 12.3. The van der Waals surface area contributed by atoms with Gasteiger partial charge in [-0.2, -0.15) is 0 Å². The quantitative estimate of drug-likeness (QED) is 0.734. The van der Waals surface area contributed by atoms with E-state index in [9.17, 15) is 8.42 Å². The molecular formula is C16H14ClN3O2S2. The maximum Gasteiger partial charge on any atom is 0.241 e. The summed E-state index contributed by atoms with van der Waals surface area (Å²) in [5.74, 6) is 0. The van der Waals surface area contributed by atoms with Gasteiger partial charge in [0.15, 0.2) is 0 Å². The molecule has 2 heterocycles. The zero-order valence-electron chi connectivity index (χ0n) is 12.7. The van der Waals surface area contributed by atoms with Gasteiger partial charge in [0.2, 0.25) is 10.0 Å². The van der Waals surface area contributed by atoms with E-state index in [0.717, 1.165) is 17.0 Å². The van der Waals surface area contributed by atoms with Gasteiger partial charge in [-0.05, 0) is 36.8 Å². The summed E-state index contributed by atoms with van der Waals surface area (Å²) in [7, 11) is -3.64. The first kappa shape index (κ1) is 17.0. The molecule has 0 unspecified atom stereocenters. The number of aromatic nitrogens is 2. The zero-order valence-corrected chi connectivity index (χ0v) is 15.1. The predicted molar refractivity (Wildman–Crippen MR) is 95.6 cm³/mol. The van der Waals surface area contributed by atoms with E-state index in [1.807, 2.05) is 30.5 Å². The molecule has 3 rings (SSSR count). The minimum Gasteiger partial charge on any atom is -0.255 e. The van der Waals surface area contributed by atoms with Crippen molar-refractivity contribution in [1.82, 2.24) is 14.7 Å². The van der Waals surface area contributed by atoms with Gasteiger partial charge in [-0.15, -0.1) is 11.3 Å². The molecule has 1 N–H and O–H groups in total. The predicted octanol–water partition coefficient (Wildman–Crippen LogP) is 3.65. The van der Waals surface area contributed by atoms with Crippen molar-refractivity contribution in [3.8, 4) is 11.4 Å². The van der Waals surface area contributed by atoms with Crippen molar-refractivity contribution in [2.75, 3.05) is 0 Å². The lowest BCUT2D eigenvalue weighted by Gasteiger charge is -2.06. The summed E-state index contributed by atoms with van der Waals surface area (Å²) in [6, 6.07) is 10.2. The van der Waals surface area contributed by atoms with E-state index in [2.05, 4.69) is 14.7 Å². The van der Waals surface area contributed by atoms with Crippen molar-refractivity contribution < 1.29 is 8.42 Å². The van der Waals surface area contributed by atoms with E-state index >= 15 is 0 Å². The third-order valence-electron chi connectivity index (χ3n) is 3.35. The summed E-state index contributed by atoms with van der Waals surface area (Å²) < 4.78 is 27.2. The van der Waals surface area contributed by atoms with E-state index in [1.165, 1.54) is 23.5 Å². The van der Waals surface area contributed by atoms with Crippen LogP contribution in [0.4, 0.5) is 0 Å². The number of benzene rings is 1. The number of thiazole rings is 1. The molecule has 24 heavy (non-hydrogen) atoms. The van der Waals surface area contributed by atoms with Gasteiger partial charge in [0, 0.05) is 16.6 Å². The molecule has 0 saturated heterocycles. The molecule has 1 aromatic carbocycles. The third kappa shape index (κ3) is 3.81. The van der Waals surface area contributed by atoms with Gasteiger partial charge in [0.05, 0.1) is 22.8 Å². The molecular weight excluding hydrogens is 366 g/mol.